The van der Waals surface area contributed by atoms with E-state index in [1.165, 1.54) is 31.5 Å². The molecule has 3 nitrogen and oxygen atoms in total. The zero-order valence-electron chi connectivity index (χ0n) is 11.9. The maximum absolute atomic E-state index is 9.05. The Kier molecular flexibility index (Phi) is 5.83. The third-order valence-electron chi connectivity index (χ3n) is 3.94. The minimum atomic E-state index is 0.223. The molecule has 1 saturated heterocycles. The van der Waals surface area contributed by atoms with E-state index < -0.39 is 0 Å². The van der Waals surface area contributed by atoms with Crippen LogP contribution in [0.1, 0.15) is 25.3 Å². The number of likely N-dealkylation sites (tertiary alicyclic amines) is 1. The number of aliphatic hydroxyl groups is 1. The predicted octanol–water partition coefficient (Wildman–Crippen LogP) is 1.66. The zero-order valence-corrected chi connectivity index (χ0v) is 11.9. The molecular weight excluding hydrogens is 236 g/mol. The summed E-state index contributed by atoms with van der Waals surface area (Å²) in [6.07, 6.45) is 3.53. The lowest BCUT2D eigenvalue weighted by atomic mass is 10.0. The zero-order chi connectivity index (χ0) is 13.5. The van der Waals surface area contributed by atoms with Gasteiger partial charge in [-0.3, -0.25) is 0 Å². The largest absolute Gasteiger partial charge is 0.395 e. The molecule has 0 bridgehead atoms. The second-order valence-corrected chi connectivity index (χ2v) is 5.60. The number of hydrogen-bond acceptors (Lipinski definition) is 3. The van der Waals surface area contributed by atoms with Crippen molar-refractivity contribution in [2.24, 2.45) is 0 Å². The Bertz CT molecular complexity index is 347. The van der Waals surface area contributed by atoms with Crippen LogP contribution < -0.4 is 5.32 Å². The number of hydrogen-bond donors (Lipinski definition) is 2. The fraction of sp³-hybridized carbons (Fsp3) is 0.625. The molecule has 1 aromatic carbocycles. The van der Waals surface area contributed by atoms with Gasteiger partial charge in [-0.05, 0) is 44.8 Å². The van der Waals surface area contributed by atoms with Gasteiger partial charge in [-0.2, -0.15) is 0 Å². The van der Waals surface area contributed by atoms with Crippen LogP contribution in [0.15, 0.2) is 30.3 Å². The van der Waals surface area contributed by atoms with Crippen molar-refractivity contribution in [1.29, 1.82) is 0 Å². The molecule has 3 heteroatoms. The van der Waals surface area contributed by atoms with Gasteiger partial charge in [0.05, 0.1) is 6.61 Å². The predicted molar refractivity (Wildman–Crippen MR) is 79.3 cm³/mol. The summed E-state index contributed by atoms with van der Waals surface area (Å²) in [7, 11) is 0. The number of nitrogens with zero attached hydrogens (tertiary/aromatic N) is 1. The lowest BCUT2D eigenvalue weighted by Gasteiger charge is -2.33. The van der Waals surface area contributed by atoms with Crippen LogP contribution in [0.4, 0.5) is 0 Å². The van der Waals surface area contributed by atoms with Gasteiger partial charge >= 0.3 is 0 Å². The van der Waals surface area contributed by atoms with Crippen LogP contribution in [0.2, 0.25) is 0 Å². The molecule has 1 aliphatic heterocycles. The molecule has 0 spiro atoms. The lowest BCUT2D eigenvalue weighted by molar-refractivity contribution is 0.177. The molecule has 1 aliphatic rings. The first-order chi connectivity index (χ1) is 9.28. The normalized spacial score (nSPS) is 19.5. The van der Waals surface area contributed by atoms with Crippen molar-refractivity contribution in [3.05, 3.63) is 35.9 Å². The molecule has 19 heavy (non-hydrogen) atoms. The van der Waals surface area contributed by atoms with E-state index in [0.717, 1.165) is 13.0 Å². The van der Waals surface area contributed by atoms with Gasteiger partial charge in [0.15, 0.2) is 0 Å². The maximum Gasteiger partial charge on any atom is 0.0582 e. The highest BCUT2D eigenvalue weighted by Crippen LogP contribution is 2.12. The van der Waals surface area contributed by atoms with Gasteiger partial charge < -0.3 is 15.3 Å². The molecule has 0 radical (unpaired) electrons. The van der Waals surface area contributed by atoms with Gasteiger partial charge in [0.1, 0.15) is 0 Å². The Hall–Kier alpha value is -0.900. The number of rotatable bonds is 6. The summed E-state index contributed by atoms with van der Waals surface area (Å²) in [6, 6.07) is 11.5. The summed E-state index contributed by atoms with van der Waals surface area (Å²) in [5, 5.41) is 12.5. The summed E-state index contributed by atoms with van der Waals surface area (Å²) < 4.78 is 0. The molecule has 1 heterocycles. The number of nitrogens with one attached hydrogen (secondary N) is 1. The molecular formula is C16H26N2O. The minimum Gasteiger partial charge on any atom is -0.395 e. The van der Waals surface area contributed by atoms with E-state index in [0.29, 0.717) is 6.04 Å². The van der Waals surface area contributed by atoms with Crippen molar-refractivity contribution >= 4 is 0 Å². The Balaban J connectivity index is 1.66. The highest BCUT2D eigenvalue weighted by atomic mass is 16.3. The van der Waals surface area contributed by atoms with Gasteiger partial charge in [-0.15, -0.1) is 0 Å². The van der Waals surface area contributed by atoms with E-state index in [9.17, 15) is 0 Å². The quantitative estimate of drug-likeness (QED) is 0.818. The smallest absolute Gasteiger partial charge is 0.0582 e. The Morgan fingerprint density at radius 1 is 1.26 bits per heavy atom. The third kappa shape index (κ3) is 4.94. The van der Waals surface area contributed by atoms with E-state index >= 15 is 0 Å². The van der Waals surface area contributed by atoms with E-state index in [4.69, 9.17) is 5.11 Å². The SMILES string of the molecule is CC(CO)NC1CCN(CCc2ccccc2)CC1. The van der Waals surface area contributed by atoms with Crippen LogP contribution >= 0.6 is 0 Å². The van der Waals surface area contributed by atoms with Gasteiger partial charge in [0.25, 0.3) is 0 Å². The minimum absolute atomic E-state index is 0.223. The fourth-order valence-electron chi connectivity index (χ4n) is 2.71. The van der Waals surface area contributed by atoms with Crippen LogP contribution in [0, 0.1) is 0 Å². The van der Waals surface area contributed by atoms with Crippen molar-refractivity contribution in [2.75, 3.05) is 26.2 Å². The van der Waals surface area contributed by atoms with Gasteiger partial charge in [-0.25, -0.2) is 0 Å². The number of piperidine rings is 1. The summed E-state index contributed by atoms with van der Waals surface area (Å²) in [5.41, 5.74) is 1.43. The number of benzene rings is 1. The summed E-state index contributed by atoms with van der Waals surface area (Å²) in [6.45, 7) is 5.77. The number of aliphatic hydroxyl groups excluding tert-OH is 1. The average molecular weight is 262 g/mol. The summed E-state index contributed by atoms with van der Waals surface area (Å²) in [4.78, 5) is 2.55. The van der Waals surface area contributed by atoms with Gasteiger partial charge in [0.2, 0.25) is 0 Å². The van der Waals surface area contributed by atoms with Crippen LogP contribution in [-0.2, 0) is 6.42 Å². The maximum atomic E-state index is 9.05. The summed E-state index contributed by atoms with van der Waals surface area (Å²) in [5.74, 6) is 0. The Morgan fingerprint density at radius 3 is 2.58 bits per heavy atom. The molecule has 106 valence electrons. The van der Waals surface area contributed by atoms with E-state index in [1.807, 2.05) is 6.92 Å². The molecule has 2 N–H and O–H groups in total. The van der Waals surface area contributed by atoms with Crippen LogP contribution in [0.3, 0.4) is 0 Å². The highest BCUT2D eigenvalue weighted by molar-refractivity contribution is 5.14. The van der Waals surface area contributed by atoms with Crippen molar-refractivity contribution in [3.8, 4) is 0 Å². The molecule has 0 saturated carbocycles. The molecule has 1 fully saturated rings. The molecule has 2 rings (SSSR count). The average Bonchev–Trinajstić information content (AvgIpc) is 2.47. The Labute approximate surface area is 116 Å². The molecule has 0 amide bonds. The third-order valence-corrected chi connectivity index (χ3v) is 3.94. The van der Waals surface area contributed by atoms with Crippen molar-refractivity contribution in [1.82, 2.24) is 10.2 Å². The first kappa shape index (κ1) is 14.5. The van der Waals surface area contributed by atoms with E-state index in [1.54, 1.807) is 0 Å². The van der Waals surface area contributed by atoms with Crippen LogP contribution in [-0.4, -0.2) is 48.3 Å². The molecule has 0 aliphatic carbocycles. The first-order valence-electron chi connectivity index (χ1n) is 7.41. The van der Waals surface area contributed by atoms with E-state index in [2.05, 4.69) is 40.5 Å². The lowest BCUT2D eigenvalue weighted by Crippen LogP contribution is -2.46. The second kappa shape index (κ2) is 7.63. The molecule has 1 atom stereocenters. The van der Waals surface area contributed by atoms with Crippen molar-refractivity contribution in [3.63, 3.8) is 0 Å². The Morgan fingerprint density at radius 2 is 1.95 bits per heavy atom. The topological polar surface area (TPSA) is 35.5 Å². The van der Waals surface area contributed by atoms with Gasteiger partial charge in [0, 0.05) is 18.6 Å². The monoisotopic (exact) mass is 262 g/mol. The second-order valence-electron chi connectivity index (χ2n) is 5.60. The van der Waals surface area contributed by atoms with Crippen LogP contribution in [0.25, 0.3) is 0 Å². The van der Waals surface area contributed by atoms with Gasteiger partial charge in [-0.1, -0.05) is 30.3 Å². The van der Waals surface area contributed by atoms with E-state index in [-0.39, 0.29) is 12.6 Å². The van der Waals surface area contributed by atoms with Crippen molar-refractivity contribution < 1.29 is 5.11 Å². The molecule has 0 aromatic heterocycles. The van der Waals surface area contributed by atoms with Crippen molar-refractivity contribution in [2.45, 2.75) is 38.3 Å². The first-order valence-corrected chi connectivity index (χ1v) is 7.41. The molecule has 1 aromatic rings. The summed E-state index contributed by atoms with van der Waals surface area (Å²) >= 11 is 0. The fourth-order valence-corrected chi connectivity index (χ4v) is 2.71. The van der Waals surface area contributed by atoms with Crippen LogP contribution in [0.5, 0.6) is 0 Å². The standard InChI is InChI=1S/C16H26N2O/c1-14(13-19)17-16-8-11-18(12-9-16)10-7-15-5-3-2-4-6-15/h2-6,14,16-17,19H,7-13H2,1H3. The molecule has 1 unspecified atom stereocenters. The highest BCUT2D eigenvalue weighted by Gasteiger charge is 2.19.